The molecule has 2 aliphatic rings. The molecule has 37 heavy (non-hydrogen) atoms. The van der Waals surface area contributed by atoms with E-state index in [4.69, 9.17) is 4.74 Å². The number of aliphatic hydroxyl groups excluding tert-OH is 1. The maximum absolute atomic E-state index is 13.8. The molecule has 6 atom stereocenters. The van der Waals surface area contributed by atoms with Crippen LogP contribution in [0.3, 0.4) is 0 Å². The SMILES string of the molecule is CCC(C)C(C(=O)N[C@@H]1C(=O)N[C@@H](CC(C)C)C(=O)NC[C@H](O)c2ccc(cc2)O[C@H]1C(C)C)N(C)C. The van der Waals surface area contributed by atoms with Crippen molar-refractivity contribution >= 4 is 17.7 Å². The molecule has 2 heterocycles. The molecule has 2 aliphatic heterocycles. The summed E-state index contributed by atoms with van der Waals surface area (Å²) in [5, 5.41) is 19.1. The Hall–Kier alpha value is -2.65. The number of rotatable bonds is 8. The van der Waals surface area contributed by atoms with Gasteiger partial charge in [-0.3, -0.25) is 19.3 Å². The summed E-state index contributed by atoms with van der Waals surface area (Å²) in [6.45, 7) is 11.8. The average Bonchev–Trinajstić information content (AvgIpc) is 2.83. The van der Waals surface area contributed by atoms with Crippen LogP contribution < -0.4 is 20.7 Å². The van der Waals surface area contributed by atoms with Gasteiger partial charge in [0, 0.05) is 6.54 Å². The van der Waals surface area contributed by atoms with Gasteiger partial charge in [0.25, 0.3) is 0 Å². The van der Waals surface area contributed by atoms with E-state index in [1.165, 1.54) is 0 Å². The Morgan fingerprint density at radius 3 is 2.24 bits per heavy atom. The second kappa shape index (κ2) is 13.8. The van der Waals surface area contributed by atoms with Gasteiger partial charge in [-0.2, -0.15) is 0 Å². The van der Waals surface area contributed by atoms with Gasteiger partial charge >= 0.3 is 0 Å². The first-order valence-corrected chi connectivity index (χ1v) is 13.3. The average molecular weight is 519 g/mol. The van der Waals surface area contributed by atoms with Crippen molar-refractivity contribution < 1.29 is 24.2 Å². The van der Waals surface area contributed by atoms with Crippen molar-refractivity contribution in [2.75, 3.05) is 20.6 Å². The maximum Gasteiger partial charge on any atom is 0.247 e. The van der Waals surface area contributed by atoms with E-state index in [0.29, 0.717) is 17.7 Å². The normalized spacial score (nSPS) is 24.8. The number of nitrogens with zero attached hydrogens (tertiary/aromatic N) is 1. The molecule has 3 amide bonds. The number of carbonyl (C=O) groups is 3. The zero-order chi connectivity index (χ0) is 27.9. The first-order chi connectivity index (χ1) is 17.3. The third-order valence-corrected chi connectivity index (χ3v) is 6.92. The summed E-state index contributed by atoms with van der Waals surface area (Å²) in [5.41, 5.74) is 0.641. The Kier molecular flexibility index (Phi) is 11.4. The number of benzene rings is 1. The topological polar surface area (TPSA) is 120 Å². The molecule has 0 saturated carbocycles. The molecule has 0 saturated heterocycles. The van der Waals surface area contributed by atoms with Crippen molar-refractivity contribution in [3.8, 4) is 5.75 Å². The van der Waals surface area contributed by atoms with Crippen molar-refractivity contribution in [2.24, 2.45) is 17.8 Å². The van der Waals surface area contributed by atoms with E-state index in [0.717, 1.165) is 6.42 Å². The summed E-state index contributed by atoms with van der Waals surface area (Å²) in [5.74, 6) is -0.566. The Bertz CT molecular complexity index is 902. The van der Waals surface area contributed by atoms with E-state index in [1.807, 2.05) is 60.5 Å². The number of fused-ring (bicyclic) bond motifs is 11. The highest BCUT2D eigenvalue weighted by Gasteiger charge is 2.38. The number of nitrogens with one attached hydrogen (secondary N) is 3. The van der Waals surface area contributed by atoms with Crippen molar-refractivity contribution in [3.05, 3.63) is 29.8 Å². The van der Waals surface area contributed by atoms with Gasteiger partial charge in [0.2, 0.25) is 17.7 Å². The lowest BCUT2D eigenvalue weighted by atomic mass is 9.94. The van der Waals surface area contributed by atoms with Crippen LogP contribution in [0.2, 0.25) is 0 Å². The Labute approximate surface area is 221 Å². The van der Waals surface area contributed by atoms with Crippen LogP contribution >= 0.6 is 0 Å². The van der Waals surface area contributed by atoms with Crippen LogP contribution in [0, 0.1) is 17.8 Å². The van der Waals surface area contributed by atoms with Gasteiger partial charge in [-0.25, -0.2) is 0 Å². The molecule has 0 spiro atoms. The number of hydrogen-bond donors (Lipinski definition) is 4. The third kappa shape index (κ3) is 8.43. The van der Waals surface area contributed by atoms with E-state index in [-0.39, 0.29) is 36.1 Å². The molecule has 9 heteroatoms. The fourth-order valence-corrected chi connectivity index (χ4v) is 4.68. The second-order valence-corrected chi connectivity index (χ2v) is 11.1. The van der Waals surface area contributed by atoms with Crippen LogP contribution in [0.4, 0.5) is 0 Å². The first kappa shape index (κ1) is 30.6. The molecule has 0 aliphatic carbocycles. The summed E-state index contributed by atoms with van der Waals surface area (Å²) in [7, 11) is 3.69. The molecule has 0 radical (unpaired) electrons. The molecular formula is C28H46N4O5. The monoisotopic (exact) mass is 518 g/mol. The summed E-state index contributed by atoms with van der Waals surface area (Å²) in [6.07, 6.45) is -0.396. The van der Waals surface area contributed by atoms with E-state index >= 15 is 0 Å². The predicted octanol–water partition coefficient (Wildman–Crippen LogP) is 2.25. The fourth-order valence-electron chi connectivity index (χ4n) is 4.68. The molecule has 0 fully saturated rings. The molecule has 3 rings (SSSR count). The summed E-state index contributed by atoms with van der Waals surface area (Å²) in [4.78, 5) is 42.2. The van der Waals surface area contributed by atoms with Gasteiger partial charge in [-0.15, -0.1) is 0 Å². The minimum absolute atomic E-state index is 0.0116. The van der Waals surface area contributed by atoms with Gasteiger partial charge < -0.3 is 25.8 Å². The van der Waals surface area contributed by atoms with Gasteiger partial charge in [-0.1, -0.05) is 60.1 Å². The molecular weight excluding hydrogens is 472 g/mol. The highest BCUT2D eigenvalue weighted by molar-refractivity contribution is 5.93. The van der Waals surface area contributed by atoms with Crippen LogP contribution in [-0.2, 0) is 14.4 Å². The molecule has 2 unspecified atom stereocenters. The molecule has 0 aromatic heterocycles. The van der Waals surface area contributed by atoms with Crippen LogP contribution in [-0.4, -0.2) is 72.6 Å². The lowest BCUT2D eigenvalue weighted by Gasteiger charge is -2.35. The number of likely N-dealkylation sites (N-methyl/N-ethyl adjacent to an activating group) is 1. The van der Waals surface area contributed by atoms with Gasteiger partial charge in [0.15, 0.2) is 0 Å². The lowest BCUT2D eigenvalue weighted by molar-refractivity contribution is -0.137. The summed E-state index contributed by atoms with van der Waals surface area (Å²) < 4.78 is 6.29. The minimum atomic E-state index is -1.03. The quantitative estimate of drug-likeness (QED) is 0.419. The smallest absolute Gasteiger partial charge is 0.247 e. The summed E-state index contributed by atoms with van der Waals surface area (Å²) >= 11 is 0. The third-order valence-electron chi connectivity index (χ3n) is 6.92. The maximum atomic E-state index is 13.8. The Morgan fingerprint density at radius 2 is 1.73 bits per heavy atom. The van der Waals surface area contributed by atoms with Gasteiger partial charge in [-0.05, 0) is 56.0 Å². The molecule has 2 bridgehead atoms. The largest absolute Gasteiger partial charge is 0.487 e. The van der Waals surface area contributed by atoms with Crippen LogP contribution in [0.1, 0.15) is 66.1 Å². The van der Waals surface area contributed by atoms with Crippen molar-refractivity contribution in [2.45, 2.75) is 84.7 Å². The number of ether oxygens (including phenoxy) is 1. The van der Waals surface area contributed by atoms with Crippen LogP contribution in [0.5, 0.6) is 5.75 Å². The minimum Gasteiger partial charge on any atom is -0.487 e. The van der Waals surface area contributed by atoms with Crippen molar-refractivity contribution in [3.63, 3.8) is 0 Å². The molecule has 1 aromatic carbocycles. The van der Waals surface area contributed by atoms with E-state index in [1.54, 1.807) is 24.3 Å². The first-order valence-electron chi connectivity index (χ1n) is 13.3. The van der Waals surface area contributed by atoms with Gasteiger partial charge in [0.1, 0.15) is 23.9 Å². The van der Waals surface area contributed by atoms with Crippen LogP contribution in [0.15, 0.2) is 24.3 Å². The van der Waals surface area contributed by atoms with Crippen molar-refractivity contribution in [1.82, 2.24) is 20.9 Å². The summed E-state index contributed by atoms with van der Waals surface area (Å²) in [6, 6.07) is 4.63. The van der Waals surface area contributed by atoms with E-state index in [2.05, 4.69) is 16.0 Å². The fraction of sp³-hybridized carbons (Fsp3) is 0.679. The predicted molar refractivity (Wildman–Crippen MR) is 144 cm³/mol. The highest BCUT2D eigenvalue weighted by Crippen LogP contribution is 2.23. The zero-order valence-electron chi connectivity index (χ0n) is 23.6. The van der Waals surface area contributed by atoms with E-state index in [9.17, 15) is 19.5 Å². The zero-order valence-corrected chi connectivity index (χ0v) is 23.6. The molecule has 4 N–H and O–H groups in total. The Balaban J connectivity index is 2.53. The lowest BCUT2D eigenvalue weighted by Crippen LogP contribution is -2.62. The Morgan fingerprint density at radius 1 is 1.11 bits per heavy atom. The number of carbonyl (C=O) groups excluding carboxylic acids is 3. The number of hydrogen-bond acceptors (Lipinski definition) is 6. The standard InChI is InChI=1S/C28H46N4O5/c1-9-18(6)24(32(7)8)28(36)31-23-25(17(4)5)37-20-12-10-19(11-13-20)22(33)15-29-26(34)21(14-16(2)3)30-27(23)35/h10-13,16-18,21-25,33H,9,14-15H2,1-8H3,(H,29,34)(H,30,35)(H,31,36)/t18?,21-,22-,23-,24?,25-/m0/s1. The van der Waals surface area contributed by atoms with E-state index < -0.39 is 36.2 Å². The number of amides is 3. The van der Waals surface area contributed by atoms with Crippen molar-refractivity contribution in [1.29, 1.82) is 0 Å². The number of aliphatic hydroxyl groups is 1. The highest BCUT2D eigenvalue weighted by atomic mass is 16.5. The van der Waals surface area contributed by atoms with Gasteiger partial charge in [0.05, 0.1) is 12.1 Å². The van der Waals surface area contributed by atoms with Crippen LogP contribution in [0.25, 0.3) is 0 Å². The molecule has 208 valence electrons. The molecule has 9 nitrogen and oxygen atoms in total. The molecule has 1 aromatic rings. The second-order valence-electron chi connectivity index (χ2n) is 11.1.